The van der Waals surface area contributed by atoms with Crippen molar-refractivity contribution < 1.29 is 50.0 Å². The number of amides is 1. The van der Waals surface area contributed by atoms with Crippen LogP contribution in [-0.2, 0) is 14.3 Å². The molecule has 1 heterocycles. The van der Waals surface area contributed by atoms with Crippen LogP contribution < -0.4 is 5.32 Å². The number of rotatable bonds is 54. The molecule has 1 amide bonds. The third-order valence-corrected chi connectivity index (χ3v) is 15.3. The minimum absolute atomic E-state index is 0.250. The number of unbranched alkanes of at least 4 members (excludes halogenated alkanes) is 38. The maximum absolute atomic E-state index is 13.2. The van der Waals surface area contributed by atoms with Gasteiger partial charge in [0.25, 0.3) is 0 Å². The fourth-order valence-electron chi connectivity index (χ4n) is 10.2. The molecule has 432 valence electrons. The molecular formula is C62H119NO10. The zero-order chi connectivity index (χ0) is 53.3. The van der Waals surface area contributed by atoms with Gasteiger partial charge in [-0.2, -0.15) is 0 Å². The number of hydrogen-bond acceptors (Lipinski definition) is 10. The van der Waals surface area contributed by atoms with E-state index in [0.717, 1.165) is 64.2 Å². The van der Waals surface area contributed by atoms with Crippen LogP contribution in [0.3, 0.4) is 0 Å². The second kappa shape index (κ2) is 51.4. The average Bonchev–Trinajstić information content (AvgIpc) is 3.39. The molecule has 0 aromatic carbocycles. The summed E-state index contributed by atoms with van der Waals surface area (Å²) in [5.74, 6) is -0.700. The highest BCUT2D eigenvalue weighted by molar-refractivity contribution is 5.80. The smallest absolute Gasteiger partial charge is 0.249 e. The standard InChI is InChI=1S/C62H119NO10/c1-3-5-7-9-11-13-15-17-19-21-23-25-27-28-30-31-33-35-37-39-41-43-45-47-49-54(65)57(67)53(52-72-62-60(70)59(69)58(68)56(51-64)73-62)63-61(71)55(66)50-48-46-44-42-40-38-36-34-32-29-26-24-22-20-18-16-14-12-10-8-6-4-2/h24,26,32,34,53-60,62,64-70H,3-23,25,27-31,33,35-52H2,1-2H3,(H,63,71)/b26-24-,34-32-. The van der Waals surface area contributed by atoms with E-state index in [9.17, 15) is 40.5 Å². The van der Waals surface area contributed by atoms with Crippen LogP contribution in [0.4, 0.5) is 0 Å². The third kappa shape index (κ3) is 39.6. The lowest BCUT2D eigenvalue weighted by Gasteiger charge is -2.40. The molecule has 0 spiro atoms. The summed E-state index contributed by atoms with van der Waals surface area (Å²) in [7, 11) is 0. The van der Waals surface area contributed by atoms with Gasteiger partial charge in [0.05, 0.1) is 25.4 Å². The Morgan fingerprint density at radius 1 is 0.479 bits per heavy atom. The van der Waals surface area contributed by atoms with E-state index in [1.807, 2.05) is 0 Å². The van der Waals surface area contributed by atoms with Gasteiger partial charge in [0, 0.05) is 0 Å². The van der Waals surface area contributed by atoms with Crippen LogP contribution in [0.15, 0.2) is 24.3 Å². The Bertz CT molecular complexity index is 1240. The zero-order valence-corrected chi connectivity index (χ0v) is 47.4. The van der Waals surface area contributed by atoms with E-state index in [4.69, 9.17) is 9.47 Å². The number of nitrogens with one attached hydrogen (secondary N) is 1. The molecule has 11 heteroatoms. The molecule has 9 atom stereocenters. The van der Waals surface area contributed by atoms with Crippen LogP contribution in [-0.4, -0.2) is 110 Å². The highest BCUT2D eigenvalue weighted by Crippen LogP contribution is 2.24. The molecule has 11 nitrogen and oxygen atoms in total. The molecule has 9 unspecified atom stereocenters. The fourth-order valence-corrected chi connectivity index (χ4v) is 10.2. The third-order valence-electron chi connectivity index (χ3n) is 15.3. The Labute approximate surface area is 448 Å². The highest BCUT2D eigenvalue weighted by Gasteiger charge is 2.44. The number of carbonyl (C=O) groups is 1. The average molecular weight is 1040 g/mol. The number of aliphatic hydroxyl groups is 7. The van der Waals surface area contributed by atoms with Gasteiger partial charge < -0.3 is 50.5 Å². The largest absolute Gasteiger partial charge is 0.394 e. The van der Waals surface area contributed by atoms with Crippen molar-refractivity contribution in [2.45, 2.75) is 351 Å². The van der Waals surface area contributed by atoms with Crippen LogP contribution in [0.1, 0.15) is 296 Å². The minimum atomic E-state index is -1.66. The van der Waals surface area contributed by atoms with Crippen LogP contribution in [0, 0.1) is 0 Å². The predicted octanol–water partition coefficient (Wildman–Crippen LogP) is 13.7. The van der Waals surface area contributed by atoms with Gasteiger partial charge in [-0.15, -0.1) is 0 Å². The number of aliphatic hydroxyl groups excluding tert-OH is 7. The first-order valence-electron chi connectivity index (χ1n) is 31.2. The molecule has 0 bridgehead atoms. The summed E-state index contributed by atoms with van der Waals surface area (Å²) >= 11 is 0. The topological polar surface area (TPSA) is 189 Å². The maximum atomic E-state index is 13.2. The fraction of sp³-hybridized carbons (Fsp3) is 0.919. The first-order valence-corrected chi connectivity index (χ1v) is 31.2. The lowest BCUT2D eigenvalue weighted by Crippen LogP contribution is -2.60. The Balaban J connectivity index is 2.28. The van der Waals surface area contributed by atoms with Crippen molar-refractivity contribution in [3.8, 4) is 0 Å². The van der Waals surface area contributed by atoms with Gasteiger partial charge in [0.15, 0.2) is 6.29 Å². The van der Waals surface area contributed by atoms with E-state index in [2.05, 4.69) is 43.5 Å². The van der Waals surface area contributed by atoms with E-state index in [1.165, 1.54) is 193 Å². The molecule has 0 aromatic rings. The summed E-state index contributed by atoms with van der Waals surface area (Å²) in [4.78, 5) is 13.2. The zero-order valence-electron chi connectivity index (χ0n) is 47.4. The van der Waals surface area contributed by atoms with Crippen LogP contribution in [0.2, 0.25) is 0 Å². The molecule has 8 N–H and O–H groups in total. The van der Waals surface area contributed by atoms with E-state index in [-0.39, 0.29) is 6.42 Å². The van der Waals surface area contributed by atoms with E-state index in [1.54, 1.807) is 0 Å². The second-order valence-electron chi connectivity index (χ2n) is 22.1. The summed E-state index contributed by atoms with van der Waals surface area (Å²) in [6, 6.07) is -1.17. The van der Waals surface area contributed by atoms with E-state index < -0.39 is 74.2 Å². The van der Waals surface area contributed by atoms with Gasteiger partial charge in [-0.3, -0.25) is 4.79 Å². The Morgan fingerprint density at radius 3 is 1.22 bits per heavy atom. The molecule has 1 aliphatic rings. The lowest BCUT2D eigenvalue weighted by molar-refractivity contribution is -0.303. The van der Waals surface area contributed by atoms with Crippen molar-refractivity contribution in [2.75, 3.05) is 13.2 Å². The van der Waals surface area contributed by atoms with Crippen LogP contribution >= 0.6 is 0 Å². The van der Waals surface area contributed by atoms with Crippen molar-refractivity contribution >= 4 is 5.91 Å². The monoisotopic (exact) mass is 1040 g/mol. The molecule has 0 saturated carbocycles. The molecule has 1 fully saturated rings. The SMILES string of the molecule is CCCCCCCCCCC/C=C\C/C=C\CCCCCCCCC(O)C(=O)NC(COC1OC(CO)C(O)C(O)C1O)C(O)C(O)CCCCCCCCCCCCCCCCCCCCCCCCCC. The Hall–Kier alpha value is -1.41. The Morgan fingerprint density at radius 2 is 0.836 bits per heavy atom. The molecule has 0 aromatic heterocycles. The molecule has 73 heavy (non-hydrogen) atoms. The van der Waals surface area contributed by atoms with Gasteiger partial charge >= 0.3 is 0 Å². The summed E-state index contributed by atoms with van der Waals surface area (Å²) in [6.45, 7) is 3.49. The van der Waals surface area contributed by atoms with Gasteiger partial charge in [-0.05, 0) is 44.9 Å². The molecule has 0 radical (unpaired) electrons. The van der Waals surface area contributed by atoms with Crippen molar-refractivity contribution in [1.82, 2.24) is 5.32 Å². The van der Waals surface area contributed by atoms with Crippen molar-refractivity contribution in [1.29, 1.82) is 0 Å². The minimum Gasteiger partial charge on any atom is -0.394 e. The normalized spacial score (nSPS) is 20.0. The van der Waals surface area contributed by atoms with Crippen molar-refractivity contribution in [2.24, 2.45) is 0 Å². The number of allylic oxidation sites excluding steroid dienone is 4. The predicted molar refractivity (Wildman–Crippen MR) is 302 cm³/mol. The molecule has 1 saturated heterocycles. The lowest BCUT2D eigenvalue weighted by atomic mass is 9.98. The van der Waals surface area contributed by atoms with Gasteiger partial charge in [0.1, 0.15) is 36.6 Å². The molecule has 1 rings (SSSR count). The summed E-state index contributed by atoms with van der Waals surface area (Å²) in [5.41, 5.74) is 0. The highest BCUT2D eigenvalue weighted by atomic mass is 16.7. The molecular weight excluding hydrogens is 919 g/mol. The summed E-state index contributed by atoms with van der Waals surface area (Å²) in [6.07, 6.45) is 50.9. The van der Waals surface area contributed by atoms with Crippen molar-refractivity contribution in [3.05, 3.63) is 24.3 Å². The quantitative estimate of drug-likeness (QED) is 0.0215. The Kier molecular flexibility index (Phi) is 49.0. The molecule has 0 aliphatic carbocycles. The summed E-state index contributed by atoms with van der Waals surface area (Å²) < 4.78 is 11.2. The van der Waals surface area contributed by atoms with E-state index in [0.29, 0.717) is 19.3 Å². The van der Waals surface area contributed by atoms with Crippen LogP contribution in [0.25, 0.3) is 0 Å². The van der Waals surface area contributed by atoms with Gasteiger partial charge in [-0.25, -0.2) is 0 Å². The van der Waals surface area contributed by atoms with Gasteiger partial charge in [0.2, 0.25) is 5.91 Å². The van der Waals surface area contributed by atoms with E-state index >= 15 is 0 Å². The maximum Gasteiger partial charge on any atom is 0.249 e. The first-order chi connectivity index (χ1) is 35.7. The molecule has 1 aliphatic heterocycles. The van der Waals surface area contributed by atoms with Gasteiger partial charge in [-0.1, -0.05) is 276 Å². The number of hydrogen-bond donors (Lipinski definition) is 8. The van der Waals surface area contributed by atoms with Crippen molar-refractivity contribution in [3.63, 3.8) is 0 Å². The number of ether oxygens (including phenoxy) is 2. The first kappa shape index (κ1) is 69.6. The summed E-state index contributed by atoms with van der Waals surface area (Å²) in [5, 5.41) is 76.3. The number of carbonyl (C=O) groups excluding carboxylic acids is 1. The second-order valence-corrected chi connectivity index (χ2v) is 22.1. The van der Waals surface area contributed by atoms with Crippen LogP contribution in [0.5, 0.6) is 0 Å².